The number of nitrogens with two attached hydrogens (primary N) is 1. The van der Waals surface area contributed by atoms with Crippen molar-refractivity contribution in [3.63, 3.8) is 0 Å². The van der Waals surface area contributed by atoms with Crippen LogP contribution in [0.25, 0.3) is 5.76 Å². The highest BCUT2D eigenvalue weighted by Gasteiger charge is 2.55. The Kier molecular flexibility index (Phi) is 5.96. The average molecular weight is 484 g/mol. The first-order valence-corrected chi connectivity index (χ1v) is 11.2. The molecule has 3 aliphatic rings. The number of aliphatic hydroxyl groups excluding tert-OH is 2. The lowest BCUT2D eigenvalue weighted by atomic mass is 9.59. The van der Waals surface area contributed by atoms with Crippen LogP contribution in [0, 0.1) is 17.8 Å². The number of esters is 1. The molecule has 0 bridgehead atoms. The van der Waals surface area contributed by atoms with Crippen molar-refractivity contribution in [2.45, 2.75) is 18.9 Å². The number of anilines is 1. The van der Waals surface area contributed by atoms with Crippen LogP contribution in [0.15, 0.2) is 29.0 Å². The minimum absolute atomic E-state index is 0.0517. The van der Waals surface area contributed by atoms with E-state index in [4.69, 9.17) is 10.5 Å². The minimum Gasteiger partial charge on any atom is -0.510 e. The van der Waals surface area contributed by atoms with Crippen LogP contribution >= 0.6 is 0 Å². The summed E-state index contributed by atoms with van der Waals surface area (Å²) in [7, 11) is 8.27. The highest BCUT2D eigenvalue weighted by molar-refractivity contribution is 6.28. The molecular formula is C25H29N3O7. The van der Waals surface area contributed by atoms with Crippen LogP contribution in [0.1, 0.15) is 27.9 Å². The molecule has 35 heavy (non-hydrogen) atoms. The fourth-order valence-electron chi connectivity index (χ4n) is 5.97. The molecule has 0 radical (unpaired) electrons. The van der Waals surface area contributed by atoms with E-state index in [0.717, 1.165) is 5.69 Å². The Labute approximate surface area is 202 Å². The van der Waals surface area contributed by atoms with E-state index in [2.05, 4.69) is 0 Å². The number of fused-ring (bicyclic) bond motifs is 3. The highest BCUT2D eigenvalue weighted by atomic mass is 16.5. The number of hydrogen-bond acceptors (Lipinski definition) is 9. The lowest BCUT2D eigenvalue weighted by molar-refractivity contribution is -0.136. The van der Waals surface area contributed by atoms with Crippen molar-refractivity contribution in [1.82, 2.24) is 4.90 Å². The Morgan fingerprint density at radius 2 is 1.74 bits per heavy atom. The minimum atomic E-state index is -1.28. The summed E-state index contributed by atoms with van der Waals surface area (Å²) in [6.07, 6.45) is 0.638. The largest absolute Gasteiger partial charge is 0.510 e. The number of allylic oxidation sites excluding steroid dienone is 1. The van der Waals surface area contributed by atoms with Crippen LogP contribution in [0.2, 0.25) is 0 Å². The van der Waals surface area contributed by atoms with Gasteiger partial charge in [0, 0.05) is 30.9 Å². The van der Waals surface area contributed by atoms with Crippen LogP contribution in [-0.4, -0.2) is 79.9 Å². The first-order chi connectivity index (χ1) is 16.4. The lowest BCUT2D eigenvalue weighted by Crippen LogP contribution is -2.55. The van der Waals surface area contributed by atoms with E-state index in [1.807, 2.05) is 19.0 Å². The number of likely N-dealkylation sites (N-methyl/N-ethyl adjacent to an activating group) is 1. The Hall–Kier alpha value is -3.66. The predicted octanol–water partition coefficient (Wildman–Crippen LogP) is 0.996. The van der Waals surface area contributed by atoms with E-state index in [-0.39, 0.29) is 22.5 Å². The van der Waals surface area contributed by atoms with Gasteiger partial charge >= 0.3 is 5.97 Å². The van der Waals surface area contributed by atoms with Crippen molar-refractivity contribution in [2.75, 3.05) is 40.2 Å². The molecule has 1 saturated carbocycles. The standard InChI is InChI=1S/C25H29N3O7/c1-27(2)14-7-6-11(25(34)35-5)16-12(14)8-10-9-13-17(21(30)15(10)20(16)29)22(31)18(24(26)33)23(32)19(13)28(3)4/h6-7,10,13,17,19,29,32H,8-9H2,1-5H3,(H2,26,33)/t10?,13?,17?,19-/m0/s1. The molecular weight excluding hydrogens is 454 g/mol. The molecule has 10 nitrogen and oxygen atoms in total. The smallest absolute Gasteiger partial charge is 0.338 e. The number of primary amides is 1. The van der Waals surface area contributed by atoms with Gasteiger partial charge in [0.2, 0.25) is 0 Å². The van der Waals surface area contributed by atoms with E-state index in [9.17, 15) is 29.4 Å². The van der Waals surface area contributed by atoms with Gasteiger partial charge in [0.25, 0.3) is 5.91 Å². The lowest BCUT2D eigenvalue weighted by Gasteiger charge is -2.46. The predicted molar refractivity (Wildman–Crippen MR) is 127 cm³/mol. The molecule has 10 heteroatoms. The molecule has 1 fully saturated rings. The number of Topliss-reactive ketones (excluding diaryl/α,β-unsaturated/α-hetero) is 2. The van der Waals surface area contributed by atoms with Crippen molar-refractivity contribution in [2.24, 2.45) is 23.5 Å². The van der Waals surface area contributed by atoms with Crippen molar-refractivity contribution < 1.29 is 34.1 Å². The maximum atomic E-state index is 13.8. The number of rotatable bonds is 4. The van der Waals surface area contributed by atoms with Gasteiger partial charge in [-0.3, -0.25) is 19.3 Å². The maximum Gasteiger partial charge on any atom is 0.338 e. The number of ether oxygens (including phenoxy) is 1. The molecule has 3 unspecified atom stereocenters. The zero-order chi connectivity index (χ0) is 25.9. The van der Waals surface area contributed by atoms with E-state index < -0.39 is 58.6 Å². The van der Waals surface area contributed by atoms with Gasteiger partial charge in [-0.2, -0.15) is 0 Å². The van der Waals surface area contributed by atoms with Crippen LogP contribution in [0.3, 0.4) is 0 Å². The fraction of sp³-hybridized carbons (Fsp3) is 0.440. The van der Waals surface area contributed by atoms with Gasteiger partial charge in [0.05, 0.1) is 24.6 Å². The molecule has 4 atom stereocenters. The van der Waals surface area contributed by atoms with Crippen molar-refractivity contribution in [1.29, 1.82) is 0 Å². The van der Waals surface area contributed by atoms with Crippen molar-refractivity contribution in [3.8, 4) is 0 Å². The van der Waals surface area contributed by atoms with Crippen LogP contribution in [0.5, 0.6) is 0 Å². The summed E-state index contributed by atoms with van der Waals surface area (Å²) in [4.78, 5) is 55.1. The molecule has 0 heterocycles. The van der Waals surface area contributed by atoms with Gasteiger partial charge in [-0.05, 0) is 56.5 Å². The normalized spacial score (nSPS) is 25.8. The van der Waals surface area contributed by atoms with Gasteiger partial charge in [-0.1, -0.05) is 0 Å². The molecule has 0 aromatic heterocycles. The average Bonchev–Trinajstić information content (AvgIpc) is 2.76. The van der Waals surface area contributed by atoms with Crippen LogP contribution in [-0.2, 0) is 25.5 Å². The van der Waals surface area contributed by atoms with E-state index in [1.54, 1.807) is 25.1 Å². The number of carbonyl (C=O) groups excluding carboxylic acids is 4. The Morgan fingerprint density at radius 3 is 2.29 bits per heavy atom. The highest BCUT2D eigenvalue weighted by Crippen LogP contribution is 2.50. The third-order valence-corrected chi connectivity index (χ3v) is 7.33. The second-order valence-electron chi connectivity index (χ2n) is 9.67. The van der Waals surface area contributed by atoms with Gasteiger partial charge in [-0.15, -0.1) is 0 Å². The summed E-state index contributed by atoms with van der Waals surface area (Å²) in [5.74, 6) is -6.40. The first kappa shape index (κ1) is 24.5. The monoisotopic (exact) mass is 483 g/mol. The zero-order valence-corrected chi connectivity index (χ0v) is 20.3. The van der Waals surface area contributed by atoms with Crippen LogP contribution in [0.4, 0.5) is 5.69 Å². The van der Waals surface area contributed by atoms with Gasteiger partial charge < -0.3 is 25.6 Å². The molecule has 1 aromatic carbocycles. The molecule has 0 spiro atoms. The molecule has 1 aromatic rings. The van der Waals surface area contributed by atoms with Crippen molar-refractivity contribution >= 4 is 34.9 Å². The molecule has 186 valence electrons. The number of benzene rings is 1. The van der Waals surface area contributed by atoms with Crippen molar-refractivity contribution in [3.05, 3.63) is 45.7 Å². The Balaban J connectivity index is 1.95. The second-order valence-corrected chi connectivity index (χ2v) is 9.67. The maximum absolute atomic E-state index is 13.8. The third-order valence-electron chi connectivity index (χ3n) is 7.33. The summed E-state index contributed by atoms with van der Waals surface area (Å²) < 4.78 is 4.89. The molecule has 3 aliphatic carbocycles. The Morgan fingerprint density at radius 1 is 1.09 bits per heavy atom. The summed E-state index contributed by atoms with van der Waals surface area (Å²) >= 11 is 0. The molecule has 4 N–H and O–H groups in total. The quantitative estimate of drug-likeness (QED) is 0.324. The third kappa shape index (κ3) is 3.51. The molecule has 1 amide bonds. The zero-order valence-electron chi connectivity index (χ0n) is 20.3. The topological polar surface area (TPSA) is 150 Å². The number of amides is 1. The van der Waals surface area contributed by atoms with Gasteiger partial charge in [-0.25, -0.2) is 4.79 Å². The summed E-state index contributed by atoms with van der Waals surface area (Å²) in [5.41, 5.74) is 6.64. The van der Waals surface area contributed by atoms with E-state index in [0.29, 0.717) is 18.4 Å². The van der Waals surface area contributed by atoms with Gasteiger partial charge in [0.15, 0.2) is 11.6 Å². The fourth-order valence-corrected chi connectivity index (χ4v) is 5.97. The summed E-state index contributed by atoms with van der Waals surface area (Å²) in [6, 6.07) is 2.52. The summed E-state index contributed by atoms with van der Waals surface area (Å²) in [5, 5.41) is 22.2. The SMILES string of the molecule is COC(=O)c1ccc(N(C)C)c2c1C(O)=C1C(=O)C3C(=O)C(C(N)=O)=C(O)[C@@H](N(C)C)C3CC1C2. The Bertz CT molecular complexity index is 1230. The second kappa shape index (κ2) is 8.53. The molecule has 4 rings (SSSR count). The van der Waals surface area contributed by atoms with E-state index in [1.165, 1.54) is 13.2 Å². The number of carbonyl (C=O) groups is 4. The molecule has 0 saturated heterocycles. The number of nitrogens with zero attached hydrogens (tertiary/aromatic N) is 2. The number of aliphatic hydroxyl groups is 2. The summed E-state index contributed by atoms with van der Waals surface area (Å²) in [6.45, 7) is 0. The van der Waals surface area contributed by atoms with Crippen LogP contribution < -0.4 is 10.6 Å². The first-order valence-electron chi connectivity index (χ1n) is 11.2. The molecule has 0 aliphatic heterocycles. The van der Waals surface area contributed by atoms with Gasteiger partial charge in [0.1, 0.15) is 17.1 Å². The number of hydrogen-bond donors (Lipinski definition) is 3. The number of methoxy groups -OCH3 is 1. The van der Waals surface area contributed by atoms with E-state index >= 15 is 0 Å². The number of ketones is 2.